The molecule has 2 aromatic rings. The lowest BCUT2D eigenvalue weighted by Gasteiger charge is -2.16. The summed E-state index contributed by atoms with van der Waals surface area (Å²) in [5.41, 5.74) is 0.889. The highest BCUT2D eigenvalue weighted by atomic mass is 16.4. The Morgan fingerprint density at radius 2 is 2.09 bits per heavy atom. The summed E-state index contributed by atoms with van der Waals surface area (Å²) in [6.07, 6.45) is 5.52. The van der Waals surface area contributed by atoms with Crippen LogP contribution in [0.15, 0.2) is 22.6 Å². The molecule has 0 spiro atoms. The van der Waals surface area contributed by atoms with Crippen molar-refractivity contribution in [2.24, 2.45) is 0 Å². The van der Waals surface area contributed by atoms with Gasteiger partial charge in [-0.2, -0.15) is 0 Å². The average molecular weight is 314 g/mol. The Morgan fingerprint density at radius 1 is 1.30 bits per heavy atom. The van der Waals surface area contributed by atoms with Gasteiger partial charge in [-0.25, -0.2) is 4.98 Å². The number of carbonyl (C=O) groups is 1. The molecule has 0 N–H and O–H groups in total. The van der Waals surface area contributed by atoms with Gasteiger partial charge < -0.3 is 4.42 Å². The minimum atomic E-state index is -0.0104. The predicted molar refractivity (Wildman–Crippen MR) is 86.2 cm³/mol. The van der Waals surface area contributed by atoms with E-state index in [4.69, 9.17) is 4.42 Å². The molecule has 0 aliphatic heterocycles. The number of nitrogens with zero attached hydrogens (tertiary/aromatic N) is 4. The summed E-state index contributed by atoms with van der Waals surface area (Å²) in [5, 5.41) is 8.21. The number of aromatic nitrogens is 3. The number of anilines is 1. The van der Waals surface area contributed by atoms with E-state index in [2.05, 4.69) is 15.2 Å². The average Bonchev–Trinajstić information content (AvgIpc) is 3.22. The highest BCUT2D eigenvalue weighted by Crippen LogP contribution is 2.33. The van der Waals surface area contributed by atoms with Gasteiger partial charge in [0.1, 0.15) is 5.82 Å². The molecule has 1 amide bonds. The van der Waals surface area contributed by atoms with Crippen molar-refractivity contribution in [3.05, 3.63) is 35.7 Å². The van der Waals surface area contributed by atoms with Crippen LogP contribution >= 0.6 is 0 Å². The molecular formula is C17H22N4O2. The minimum absolute atomic E-state index is 0.0104. The molecule has 0 atom stereocenters. The first-order valence-electron chi connectivity index (χ1n) is 8.16. The van der Waals surface area contributed by atoms with Crippen LogP contribution in [0.1, 0.15) is 55.5 Å². The largest absolute Gasteiger partial charge is 0.425 e. The Kier molecular flexibility index (Phi) is 4.69. The fourth-order valence-electron chi connectivity index (χ4n) is 2.93. The second-order valence-corrected chi connectivity index (χ2v) is 6.11. The maximum Gasteiger partial charge on any atom is 0.228 e. The van der Waals surface area contributed by atoms with Crippen molar-refractivity contribution in [2.45, 2.75) is 51.4 Å². The summed E-state index contributed by atoms with van der Waals surface area (Å²) < 4.78 is 5.71. The van der Waals surface area contributed by atoms with Crippen LogP contribution in [0.5, 0.6) is 0 Å². The maximum atomic E-state index is 12.3. The summed E-state index contributed by atoms with van der Waals surface area (Å²) in [6, 6.07) is 5.63. The van der Waals surface area contributed by atoms with Crippen LogP contribution < -0.4 is 4.90 Å². The first kappa shape index (κ1) is 15.6. The number of amides is 1. The third-order valence-electron chi connectivity index (χ3n) is 4.33. The lowest BCUT2D eigenvalue weighted by molar-refractivity contribution is -0.118. The standard InChI is InChI=1S/C17H22N4O2/c1-12-6-5-9-14(18-12)21(2)16(22)11-10-15-19-20-17(23-15)13-7-3-4-8-13/h5-6,9,13H,3-4,7-8,10-11H2,1-2H3. The number of hydrogen-bond donors (Lipinski definition) is 0. The van der Waals surface area contributed by atoms with Gasteiger partial charge >= 0.3 is 0 Å². The highest BCUT2D eigenvalue weighted by Gasteiger charge is 2.23. The van der Waals surface area contributed by atoms with Crippen molar-refractivity contribution >= 4 is 11.7 Å². The van der Waals surface area contributed by atoms with Crippen molar-refractivity contribution in [3.8, 4) is 0 Å². The molecule has 1 fully saturated rings. The Morgan fingerprint density at radius 3 is 2.83 bits per heavy atom. The van der Waals surface area contributed by atoms with E-state index in [1.807, 2.05) is 25.1 Å². The van der Waals surface area contributed by atoms with Crippen molar-refractivity contribution < 1.29 is 9.21 Å². The van der Waals surface area contributed by atoms with E-state index >= 15 is 0 Å². The fourth-order valence-corrected chi connectivity index (χ4v) is 2.93. The third-order valence-corrected chi connectivity index (χ3v) is 4.33. The molecule has 0 aromatic carbocycles. The van der Waals surface area contributed by atoms with E-state index in [0.29, 0.717) is 30.5 Å². The van der Waals surface area contributed by atoms with Gasteiger partial charge in [-0.15, -0.1) is 10.2 Å². The first-order valence-corrected chi connectivity index (χ1v) is 8.16. The van der Waals surface area contributed by atoms with Crippen LogP contribution in [0, 0.1) is 6.92 Å². The van der Waals surface area contributed by atoms with Gasteiger partial charge in [0.15, 0.2) is 0 Å². The Bertz CT molecular complexity index is 677. The van der Waals surface area contributed by atoms with Gasteiger partial charge in [0, 0.05) is 31.5 Å². The molecule has 122 valence electrons. The van der Waals surface area contributed by atoms with Gasteiger partial charge in [-0.05, 0) is 31.9 Å². The molecule has 1 aliphatic carbocycles. The number of aryl methyl sites for hydroxylation is 2. The maximum absolute atomic E-state index is 12.3. The van der Waals surface area contributed by atoms with E-state index in [-0.39, 0.29) is 5.91 Å². The fraction of sp³-hybridized carbons (Fsp3) is 0.529. The van der Waals surface area contributed by atoms with Crippen LogP contribution in [0.3, 0.4) is 0 Å². The molecular weight excluding hydrogens is 292 g/mol. The van der Waals surface area contributed by atoms with E-state index < -0.39 is 0 Å². The third kappa shape index (κ3) is 3.75. The number of rotatable bonds is 5. The van der Waals surface area contributed by atoms with Crippen molar-refractivity contribution in [3.63, 3.8) is 0 Å². The topological polar surface area (TPSA) is 72.1 Å². The van der Waals surface area contributed by atoms with Gasteiger partial charge in [0.25, 0.3) is 0 Å². The monoisotopic (exact) mass is 314 g/mol. The van der Waals surface area contributed by atoms with E-state index in [0.717, 1.165) is 24.4 Å². The smallest absolute Gasteiger partial charge is 0.228 e. The van der Waals surface area contributed by atoms with E-state index in [9.17, 15) is 4.79 Å². The first-order chi connectivity index (χ1) is 11.1. The van der Waals surface area contributed by atoms with Crippen LogP contribution in [0.25, 0.3) is 0 Å². The minimum Gasteiger partial charge on any atom is -0.425 e. The van der Waals surface area contributed by atoms with Crippen LogP contribution in [-0.2, 0) is 11.2 Å². The highest BCUT2D eigenvalue weighted by molar-refractivity contribution is 5.91. The quantitative estimate of drug-likeness (QED) is 0.848. The van der Waals surface area contributed by atoms with Crippen molar-refractivity contribution in [1.29, 1.82) is 0 Å². The van der Waals surface area contributed by atoms with Crippen LogP contribution in [-0.4, -0.2) is 28.1 Å². The van der Waals surface area contributed by atoms with E-state index in [1.54, 1.807) is 11.9 Å². The summed E-state index contributed by atoms with van der Waals surface area (Å²) in [6.45, 7) is 1.91. The molecule has 6 heteroatoms. The van der Waals surface area contributed by atoms with E-state index in [1.165, 1.54) is 12.8 Å². The zero-order valence-electron chi connectivity index (χ0n) is 13.7. The van der Waals surface area contributed by atoms with Crippen molar-refractivity contribution in [2.75, 3.05) is 11.9 Å². The Hall–Kier alpha value is -2.24. The lowest BCUT2D eigenvalue weighted by Crippen LogP contribution is -2.27. The zero-order chi connectivity index (χ0) is 16.2. The number of hydrogen-bond acceptors (Lipinski definition) is 5. The Balaban J connectivity index is 1.56. The molecule has 1 aliphatic rings. The molecule has 1 saturated carbocycles. The predicted octanol–water partition coefficient (Wildman–Crippen LogP) is 3.03. The normalized spacial score (nSPS) is 15.0. The molecule has 6 nitrogen and oxygen atoms in total. The van der Waals surface area contributed by atoms with Gasteiger partial charge in [0.05, 0.1) is 0 Å². The molecule has 3 rings (SSSR count). The number of carbonyl (C=O) groups excluding carboxylic acids is 1. The summed E-state index contributed by atoms with van der Waals surface area (Å²) >= 11 is 0. The van der Waals surface area contributed by atoms with Gasteiger partial charge in [-0.3, -0.25) is 9.69 Å². The number of pyridine rings is 1. The molecule has 0 bridgehead atoms. The van der Waals surface area contributed by atoms with Gasteiger partial charge in [0.2, 0.25) is 17.7 Å². The SMILES string of the molecule is Cc1cccc(N(C)C(=O)CCc2nnc(C3CCCC3)o2)n1. The molecule has 23 heavy (non-hydrogen) atoms. The molecule has 0 radical (unpaired) electrons. The molecule has 0 saturated heterocycles. The Labute approximate surface area is 135 Å². The van der Waals surface area contributed by atoms with Gasteiger partial charge in [-0.1, -0.05) is 18.9 Å². The van der Waals surface area contributed by atoms with Crippen LogP contribution in [0.2, 0.25) is 0 Å². The molecule has 2 heterocycles. The summed E-state index contributed by atoms with van der Waals surface area (Å²) in [5.74, 6) is 2.34. The lowest BCUT2D eigenvalue weighted by atomic mass is 10.1. The zero-order valence-corrected chi connectivity index (χ0v) is 13.7. The second kappa shape index (κ2) is 6.89. The summed E-state index contributed by atoms with van der Waals surface area (Å²) in [4.78, 5) is 18.2. The molecule has 0 unspecified atom stereocenters. The van der Waals surface area contributed by atoms with Crippen LogP contribution in [0.4, 0.5) is 5.82 Å². The van der Waals surface area contributed by atoms with Crippen molar-refractivity contribution in [1.82, 2.24) is 15.2 Å². The second-order valence-electron chi connectivity index (χ2n) is 6.11. The summed E-state index contributed by atoms with van der Waals surface area (Å²) in [7, 11) is 1.74. The molecule has 2 aromatic heterocycles.